The highest BCUT2D eigenvalue weighted by atomic mass is 32.2. The average molecular weight is 541 g/mol. The number of nitrogens with zero attached hydrogens (tertiary/aromatic N) is 3. The van der Waals surface area contributed by atoms with Crippen LogP contribution in [0.25, 0.3) is 16.9 Å². The van der Waals surface area contributed by atoms with Gasteiger partial charge in [-0.25, -0.2) is 9.07 Å². The van der Waals surface area contributed by atoms with Gasteiger partial charge in [-0.3, -0.25) is 14.5 Å². The molecule has 1 aromatic heterocycles. The molecular weight excluding hydrogens is 511 g/mol. The van der Waals surface area contributed by atoms with E-state index < -0.39 is 5.25 Å². The number of benzene rings is 3. The SMILES string of the molecule is Cc1ccc(-n2nc(-c3ccccc3)c3c2N(CC(=O)NC2CC2)C(=O)CSC3c2ccccc2F)c(C)c1. The second-order valence-corrected chi connectivity index (χ2v) is 11.3. The van der Waals surface area contributed by atoms with E-state index in [0.717, 1.165) is 40.8 Å². The van der Waals surface area contributed by atoms with Crippen LogP contribution in [0.1, 0.15) is 40.3 Å². The van der Waals surface area contributed by atoms with Crippen LogP contribution in [-0.2, 0) is 9.59 Å². The van der Waals surface area contributed by atoms with Crippen molar-refractivity contribution in [3.63, 3.8) is 0 Å². The Kier molecular flexibility index (Phi) is 6.73. The fraction of sp³-hybridized carbons (Fsp3) is 0.258. The van der Waals surface area contributed by atoms with E-state index in [0.29, 0.717) is 17.1 Å². The minimum Gasteiger partial charge on any atom is -0.352 e. The normalized spacial score (nSPS) is 17.1. The summed E-state index contributed by atoms with van der Waals surface area (Å²) in [5, 5.41) is 7.60. The van der Waals surface area contributed by atoms with Crippen molar-refractivity contribution in [2.45, 2.75) is 38.0 Å². The number of aryl methyl sites for hydroxylation is 2. The molecule has 0 radical (unpaired) electrons. The predicted molar refractivity (Wildman–Crippen MR) is 153 cm³/mol. The largest absolute Gasteiger partial charge is 0.352 e. The van der Waals surface area contributed by atoms with Gasteiger partial charge >= 0.3 is 0 Å². The van der Waals surface area contributed by atoms with Gasteiger partial charge in [-0.2, -0.15) is 5.10 Å². The molecule has 0 saturated heterocycles. The lowest BCUT2D eigenvalue weighted by Crippen LogP contribution is -2.43. The third-order valence-electron chi connectivity index (χ3n) is 7.15. The quantitative estimate of drug-likeness (QED) is 0.339. The number of amides is 2. The maximum atomic E-state index is 15.3. The second kappa shape index (κ2) is 10.3. The van der Waals surface area contributed by atoms with E-state index in [1.54, 1.807) is 21.7 Å². The third kappa shape index (κ3) is 4.96. The number of hydrogen-bond acceptors (Lipinski definition) is 4. The van der Waals surface area contributed by atoms with E-state index in [1.165, 1.54) is 17.8 Å². The van der Waals surface area contributed by atoms with Crippen molar-refractivity contribution in [3.8, 4) is 16.9 Å². The predicted octanol–water partition coefficient (Wildman–Crippen LogP) is 5.74. The fourth-order valence-corrected chi connectivity index (χ4v) is 6.34. The van der Waals surface area contributed by atoms with Gasteiger partial charge in [0.15, 0.2) is 0 Å². The Bertz CT molecular complexity index is 1560. The Morgan fingerprint density at radius 3 is 2.51 bits per heavy atom. The Labute approximate surface area is 231 Å². The molecule has 1 fully saturated rings. The number of fused-ring (bicyclic) bond motifs is 1. The molecule has 4 aromatic rings. The van der Waals surface area contributed by atoms with Crippen LogP contribution in [0.15, 0.2) is 72.8 Å². The van der Waals surface area contributed by atoms with Crippen LogP contribution in [0.4, 0.5) is 10.2 Å². The molecule has 2 aliphatic rings. The van der Waals surface area contributed by atoms with E-state index in [-0.39, 0.29) is 36.0 Å². The average Bonchev–Trinajstić information content (AvgIpc) is 3.68. The van der Waals surface area contributed by atoms with Crippen molar-refractivity contribution >= 4 is 29.4 Å². The molecule has 39 heavy (non-hydrogen) atoms. The first-order valence-corrected chi connectivity index (χ1v) is 14.2. The molecule has 2 heterocycles. The van der Waals surface area contributed by atoms with Gasteiger partial charge in [-0.05, 0) is 44.4 Å². The Hall–Kier alpha value is -3.91. The molecule has 6 rings (SSSR count). The molecule has 8 heteroatoms. The smallest absolute Gasteiger partial charge is 0.240 e. The number of anilines is 1. The fourth-order valence-electron chi connectivity index (χ4n) is 5.12. The molecule has 6 nitrogen and oxygen atoms in total. The molecule has 198 valence electrons. The topological polar surface area (TPSA) is 67.2 Å². The lowest BCUT2D eigenvalue weighted by atomic mass is 9.99. The molecule has 0 spiro atoms. The van der Waals surface area contributed by atoms with Gasteiger partial charge in [-0.15, -0.1) is 11.8 Å². The van der Waals surface area contributed by atoms with Crippen molar-refractivity contribution in [2.75, 3.05) is 17.2 Å². The molecule has 1 N–H and O–H groups in total. The highest BCUT2D eigenvalue weighted by Gasteiger charge is 2.39. The zero-order valence-corrected chi connectivity index (χ0v) is 22.7. The van der Waals surface area contributed by atoms with Gasteiger partial charge in [0.2, 0.25) is 11.8 Å². The first-order chi connectivity index (χ1) is 18.9. The van der Waals surface area contributed by atoms with Crippen molar-refractivity contribution in [1.29, 1.82) is 0 Å². The van der Waals surface area contributed by atoms with E-state index in [4.69, 9.17) is 5.10 Å². The lowest BCUT2D eigenvalue weighted by molar-refractivity contribution is -0.123. The van der Waals surface area contributed by atoms with E-state index in [9.17, 15) is 9.59 Å². The number of aromatic nitrogens is 2. The van der Waals surface area contributed by atoms with Crippen molar-refractivity contribution in [2.24, 2.45) is 0 Å². The Balaban J connectivity index is 1.63. The summed E-state index contributed by atoms with van der Waals surface area (Å²) in [5.74, 6) is -0.148. The highest BCUT2D eigenvalue weighted by molar-refractivity contribution is 8.00. The molecule has 1 atom stereocenters. The van der Waals surface area contributed by atoms with Crippen LogP contribution in [0.3, 0.4) is 0 Å². The number of halogens is 1. The van der Waals surface area contributed by atoms with Crippen LogP contribution in [-0.4, -0.2) is 39.9 Å². The molecule has 3 aromatic carbocycles. The first-order valence-electron chi connectivity index (χ1n) is 13.1. The highest BCUT2D eigenvalue weighted by Crippen LogP contribution is 2.49. The van der Waals surface area contributed by atoms with Crippen LogP contribution in [0.5, 0.6) is 0 Å². The number of hydrogen-bond donors (Lipinski definition) is 1. The number of thioether (sulfide) groups is 1. The number of carbonyl (C=O) groups excluding carboxylic acids is 2. The number of rotatable bonds is 6. The lowest BCUT2D eigenvalue weighted by Gasteiger charge is -2.24. The van der Waals surface area contributed by atoms with Gasteiger partial charge < -0.3 is 5.32 Å². The van der Waals surface area contributed by atoms with Crippen LogP contribution in [0, 0.1) is 19.7 Å². The van der Waals surface area contributed by atoms with Gasteiger partial charge in [0.05, 0.1) is 22.4 Å². The number of carbonyl (C=O) groups is 2. The second-order valence-electron chi connectivity index (χ2n) is 10.2. The van der Waals surface area contributed by atoms with Crippen molar-refractivity contribution in [1.82, 2.24) is 15.1 Å². The summed E-state index contributed by atoms with van der Waals surface area (Å²) in [7, 11) is 0. The summed E-state index contributed by atoms with van der Waals surface area (Å²) in [5.41, 5.74) is 5.62. The van der Waals surface area contributed by atoms with E-state index >= 15 is 4.39 Å². The van der Waals surface area contributed by atoms with Crippen LogP contribution in [0.2, 0.25) is 0 Å². The molecule has 2 amide bonds. The molecule has 0 bridgehead atoms. The maximum Gasteiger partial charge on any atom is 0.240 e. The van der Waals surface area contributed by atoms with E-state index in [2.05, 4.69) is 11.4 Å². The first kappa shape index (κ1) is 25.4. The summed E-state index contributed by atoms with van der Waals surface area (Å²) >= 11 is 1.37. The van der Waals surface area contributed by atoms with Gasteiger partial charge in [0.1, 0.15) is 18.2 Å². The standard InChI is InChI=1S/C31H29FN4O2S/c1-19-12-15-25(20(2)16-19)36-31-28(29(34-36)21-8-4-3-5-9-21)30(23-10-6-7-11-24(23)32)39-18-27(38)35(31)17-26(37)33-22-13-14-22/h3-12,15-16,22,30H,13-14,17-18H2,1-2H3,(H,33,37). The summed E-state index contributed by atoms with van der Waals surface area (Å²) in [6.07, 6.45) is 1.91. The van der Waals surface area contributed by atoms with Crippen molar-refractivity contribution < 1.29 is 14.0 Å². The van der Waals surface area contributed by atoms with Crippen LogP contribution < -0.4 is 10.2 Å². The molecular formula is C31H29FN4O2S. The molecule has 1 unspecified atom stereocenters. The van der Waals surface area contributed by atoms with Gasteiger partial charge in [0.25, 0.3) is 0 Å². The van der Waals surface area contributed by atoms with Crippen molar-refractivity contribution in [3.05, 3.63) is 101 Å². The zero-order chi connectivity index (χ0) is 27.1. The third-order valence-corrected chi connectivity index (χ3v) is 8.39. The Morgan fingerprint density at radius 1 is 1.05 bits per heavy atom. The number of nitrogens with one attached hydrogen (secondary N) is 1. The summed E-state index contributed by atoms with van der Waals surface area (Å²) in [6, 6.07) is 22.6. The monoisotopic (exact) mass is 540 g/mol. The van der Waals surface area contributed by atoms with E-state index in [1.807, 2.05) is 62.4 Å². The maximum absolute atomic E-state index is 15.3. The molecule has 1 aliphatic carbocycles. The molecule has 1 aliphatic heterocycles. The minimum absolute atomic E-state index is 0.103. The van der Waals surface area contributed by atoms with Crippen LogP contribution >= 0.6 is 11.8 Å². The summed E-state index contributed by atoms with van der Waals surface area (Å²) in [6.45, 7) is 3.90. The Morgan fingerprint density at radius 2 is 1.79 bits per heavy atom. The summed E-state index contributed by atoms with van der Waals surface area (Å²) in [4.78, 5) is 28.3. The van der Waals surface area contributed by atoms with Gasteiger partial charge in [0, 0.05) is 22.7 Å². The minimum atomic E-state index is -0.503. The molecule has 1 saturated carbocycles. The van der Waals surface area contributed by atoms with Gasteiger partial charge in [-0.1, -0.05) is 66.2 Å². The summed E-state index contributed by atoms with van der Waals surface area (Å²) < 4.78 is 17.1. The zero-order valence-electron chi connectivity index (χ0n) is 21.9.